The van der Waals surface area contributed by atoms with Gasteiger partial charge in [0.2, 0.25) is 0 Å². The number of rotatable bonds is 4. The van der Waals surface area contributed by atoms with Crippen LogP contribution in [0.2, 0.25) is 0 Å². The molecule has 0 N–H and O–H groups in total. The van der Waals surface area contributed by atoms with Crippen LogP contribution in [0.4, 0.5) is 11.4 Å². The molecule has 2 aromatic rings. The Morgan fingerprint density at radius 1 is 0.950 bits per heavy atom. The molecule has 4 heteroatoms. The first-order valence-corrected chi connectivity index (χ1v) is 6.42. The second kappa shape index (κ2) is 6.61. The fourth-order valence-electron chi connectivity index (χ4n) is 1.70. The van der Waals surface area contributed by atoms with Gasteiger partial charge in [-0.3, -0.25) is 0 Å². The number of aryl methyl sites for hydroxylation is 1. The quantitative estimate of drug-likeness (QED) is 0.607. The predicted octanol–water partition coefficient (Wildman–Crippen LogP) is 4.45. The van der Waals surface area contributed by atoms with E-state index in [0.717, 1.165) is 12.1 Å². The first-order valence-electron chi connectivity index (χ1n) is 6.42. The van der Waals surface area contributed by atoms with Crippen molar-refractivity contribution in [3.8, 4) is 0 Å². The van der Waals surface area contributed by atoms with Crippen LogP contribution >= 0.6 is 0 Å². The summed E-state index contributed by atoms with van der Waals surface area (Å²) in [7, 11) is 1.36. The minimum absolute atomic E-state index is 0.358. The lowest BCUT2D eigenvalue weighted by Gasteiger charge is -1.99. The third-order valence-corrected chi connectivity index (χ3v) is 2.91. The molecule has 2 rings (SSSR count). The Bertz CT molecular complexity index is 601. The molecule has 0 saturated heterocycles. The van der Waals surface area contributed by atoms with Crippen LogP contribution in [-0.2, 0) is 11.2 Å². The van der Waals surface area contributed by atoms with E-state index < -0.39 is 0 Å². The maximum Gasteiger partial charge on any atom is 0.337 e. The van der Waals surface area contributed by atoms with E-state index in [9.17, 15) is 4.79 Å². The van der Waals surface area contributed by atoms with E-state index >= 15 is 0 Å². The molecule has 20 heavy (non-hydrogen) atoms. The van der Waals surface area contributed by atoms with E-state index in [4.69, 9.17) is 0 Å². The molecule has 0 fully saturated rings. The summed E-state index contributed by atoms with van der Waals surface area (Å²) in [6.45, 7) is 2.11. The van der Waals surface area contributed by atoms with E-state index in [2.05, 4.69) is 21.9 Å². The van der Waals surface area contributed by atoms with Crippen molar-refractivity contribution in [2.24, 2.45) is 10.2 Å². The number of hydrogen-bond acceptors (Lipinski definition) is 4. The van der Waals surface area contributed by atoms with Gasteiger partial charge in [0, 0.05) is 0 Å². The van der Waals surface area contributed by atoms with Crippen LogP contribution < -0.4 is 0 Å². The van der Waals surface area contributed by atoms with Crippen molar-refractivity contribution in [2.45, 2.75) is 13.3 Å². The Hall–Kier alpha value is -2.49. The maximum atomic E-state index is 11.3. The highest BCUT2D eigenvalue weighted by Crippen LogP contribution is 2.19. The van der Waals surface area contributed by atoms with Crippen LogP contribution in [0, 0.1) is 0 Å². The second-order valence-corrected chi connectivity index (χ2v) is 4.26. The number of ether oxygens (including phenoxy) is 1. The van der Waals surface area contributed by atoms with E-state index in [1.165, 1.54) is 12.7 Å². The number of nitrogens with zero attached hydrogens (tertiary/aromatic N) is 2. The van der Waals surface area contributed by atoms with Gasteiger partial charge in [-0.15, -0.1) is 0 Å². The Morgan fingerprint density at radius 3 is 1.90 bits per heavy atom. The lowest BCUT2D eigenvalue weighted by Crippen LogP contribution is -1.99. The number of methoxy groups -OCH3 is 1. The molecule has 0 bridgehead atoms. The monoisotopic (exact) mass is 268 g/mol. The number of esters is 1. The molecule has 4 nitrogen and oxygen atoms in total. The van der Waals surface area contributed by atoms with Gasteiger partial charge >= 0.3 is 5.97 Å². The Kier molecular flexibility index (Phi) is 4.60. The summed E-state index contributed by atoms with van der Waals surface area (Å²) in [6, 6.07) is 14.7. The van der Waals surface area contributed by atoms with Crippen LogP contribution in [0.3, 0.4) is 0 Å². The molecule has 0 atom stereocenters. The van der Waals surface area contributed by atoms with Gasteiger partial charge in [0.1, 0.15) is 0 Å². The number of hydrogen-bond donors (Lipinski definition) is 0. The van der Waals surface area contributed by atoms with E-state index in [0.29, 0.717) is 11.3 Å². The molecule has 2 aromatic carbocycles. The van der Waals surface area contributed by atoms with Crippen LogP contribution in [-0.4, -0.2) is 13.1 Å². The lowest BCUT2D eigenvalue weighted by molar-refractivity contribution is 0.0601. The fourth-order valence-corrected chi connectivity index (χ4v) is 1.70. The van der Waals surface area contributed by atoms with E-state index in [1.54, 1.807) is 24.3 Å². The van der Waals surface area contributed by atoms with Crippen LogP contribution in [0.25, 0.3) is 0 Å². The van der Waals surface area contributed by atoms with Crippen LogP contribution in [0.15, 0.2) is 58.8 Å². The van der Waals surface area contributed by atoms with Crippen molar-refractivity contribution < 1.29 is 9.53 Å². The summed E-state index contributed by atoms with van der Waals surface area (Å²) in [5.41, 5.74) is 3.27. The number of azo groups is 1. The molecule has 0 heterocycles. The van der Waals surface area contributed by atoms with Crippen LogP contribution in [0.5, 0.6) is 0 Å². The summed E-state index contributed by atoms with van der Waals surface area (Å²) in [5, 5.41) is 8.29. The molecule has 0 radical (unpaired) electrons. The van der Waals surface area contributed by atoms with Gasteiger partial charge in [-0.05, 0) is 48.4 Å². The molecule has 0 spiro atoms. The van der Waals surface area contributed by atoms with Gasteiger partial charge in [0.05, 0.1) is 24.0 Å². The molecular weight excluding hydrogens is 252 g/mol. The normalized spacial score (nSPS) is 10.7. The Balaban J connectivity index is 2.08. The number of benzene rings is 2. The summed E-state index contributed by atoms with van der Waals surface area (Å²) >= 11 is 0. The largest absolute Gasteiger partial charge is 0.465 e. The average molecular weight is 268 g/mol. The average Bonchev–Trinajstić information content (AvgIpc) is 2.53. The zero-order valence-electron chi connectivity index (χ0n) is 11.5. The zero-order valence-corrected chi connectivity index (χ0v) is 11.5. The van der Waals surface area contributed by atoms with E-state index in [1.807, 2.05) is 24.3 Å². The highest BCUT2D eigenvalue weighted by molar-refractivity contribution is 5.89. The summed E-state index contributed by atoms with van der Waals surface area (Å²) < 4.78 is 4.63. The van der Waals surface area contributed by atoms with Crippen molar-refractivity contribution >= 4 is 17.3 Å². The third-order valence-electron chi connectivity index (χ3n) is 2.91. The minimum atomic E-state index is -0.358. The zero-order chi connectivity index (χ0) is 14.4. The standard InChI is InChI=1S/C16H16N2O2/c1-3-12-4-8-14(9-5-12)17-18-15-10-6-13(7-11-15)16(19)20-2/h4-11H,3H2,1-2H3/b18-17+. The maximum absolute atomic E-state index is 11.3. The van der Waals surface area contributed by atoms with Crippen molar-refractivity contribution in [1.82, 2.24) is 0 Å². The van der Waals surface area contributed by atoms with Gasteiger partial charge in [-0.1, -0.05) is 19.1 Å². The highest BCUT2D eigenvalue weighted by Gasteiger charge is 2.03. The van der Waals surface area contributed by atoms with Crippen molar-refractivity contribution in [2.75, 3.05) is 7.11 Å². The van der Waals surface area contributed by atoms with Gasteiger partial charge in [-0.2, -0.15) is 10.2 Å². The molecule has 0 aliphatic carbocycles. The van der Waals surface area contributed by atoms with Crippen molar-refractivity contribution in [3.63, 3.8) is 0 Å². The molecule has 0 aliphatic rings. The fraction of sp³-hybridized carbons (Fsp3) is 0.188. The number of carbonyl (C=O) groups is 1. The SMILES string of the molecule is CCc1ccc(/N=N/c2ccc(C(=O)OC)cc2)cc1. The van der Waals surface area contributed by atoms with Gasteiger partial charge in [0.25, 0.3) is 0 Å². The summed E-state index contributed by atoms with van der Waals surface area (Å²) in [6.07, 6.45) is 1.01. The molecule has 0 amide bonds. The topological polar surface area (TPSA) is 51.0 Å². The first kappa shape index (κ1) is 13.9. The molecule has 0 aliphatic heterocycles. The van der Waals surface area contributed by atoms with Crippen molar-refractivity contribution in [3.05, 3.63) is 59.7 Å². The molecule has 102 valence electrons. The van der Waals surface area contributed by atoms with Gasteiger partial charge in [0.15, 0.2) is 0 Å². The van der Waals surface area contributed by atoms with Gasteiger partial charge < -0.3 is 4.74 Å². The van der Waals surface area contributed by atoms with Crippen molar-refractivity contribution in [1.29, 1.82) is 0 Å². The molecule has 0 unspecified atom stereocenters. The smallest absolute Gasteiger partial charge is 0.337 e. The summed E-state index contributed by atoms with van der Waals surface area (Å²) in [5.74, 6) is -0.358. The minimum Gasteiger partial charge on any atom is -0.465 e. The van der Waals surface area contributed by atoms with Gasteiger partial charge in [-0.25, -0.2) is 4.79 Å². The Labute approximate surface area is 118 Å². The molecule has 0 aromatic heterocycles. The Morgan fingerprint density at radius 2 is 1.45 bits per heavy atom. The summed E-state index contributed by atoms with van der Waals surface area (Å²) in [4.78, 5) is 11.3. The first-order chi connectivity index (χ1) is 9.72. The molecule has 0 saturated carbocycles. The molecular formula is C16H16N2O2. The number of carbonyl (C=O) groups excluding carboxylic acids is 1. The van der Waals surface area contributed by atoms with Crippen LogP contribution in [0.1, 0.15) is 22.8 Å². The second-order valence-electron chi connectivity index (χ2n) is 4.26. The van der Waals surface area contributed by atoms with E-state index in [-0.39, 0.29) is 5.97 Å². The predicted molar refractivity (Wildman–Crippen MR) is 77.8 cm³/mol. The highest BCUT2D eigenvalue weighted by atomic mass is 16.5. The lowest BCUT2D eigenvalue weighted by atomic mass is 10.2. The third kappa shape index (κ3) is 3.51.